The molecule has 1 saturated heterocycles. The lowest BCUT2D eigenvalue weighted by atomic mass is 10.00. The summed E-state index contributed by atoms with van der Waals surface area (Å²) in [5.41, 5.74) is 1.28. The van der Waals surface area contributed by atoms with Gasteiger partial charge in [-0.25, -0.2) is 8.78 Å². The highest BCUT2D eigenvalue weighted by molar-refractivity contribution is 6.30. The molecule has 1 N–H and O–H groups in total. The van der Waals surface area contributed by atoms with Crippen molar-refractivity contribution in [2.75, 3.05) is 0 Å². The van der Waals surface area contributed by atoms with Crippen molar-refractivity contribution in [1.29, 1.82) is 0 Å². The van der Waals surface area contributed by atoms with E-state index in [2.05, 4.69) is 5.32 Å². The zero-order valence-corrected chi connectivity index (χ0v) is 22.3. The molecule has 39 heavy (non-hydrogen) atoms. The molecule has 0 bridgehead atoms. The summed E-state index contributed by atoms with van der Waals surface area (Å²) in [5.74, 6) is -2.38. The predicted molar refractivity (Wildman–Crippen MR) is 145 cm³/mol. The van der Waals surface area contributed by atoms with Crippen LogP contribution >= 0.6 is 11.6 Å². The van der Waals surface area contributed by atoms with Crippen LogP contribution in [-0.2, 0) is 4.79 Å². The Kier molecular flexibility index (Phi) is 7.80. The first-order valence-electron chi connectivity index (χ1n) is 13.3. The lowest BCUT2D eigenvalue weighted by molar-refractivity contribution is -0.126. The van der Waals surface area contributed by atoms with E-state index in [1.807, 2.05) is 13.0 Å². The third-order valence-electron chi connectivity index (χ3n) is 7.68. The number of ketones is 1. The van der Waals surface area contributed by atoms with Crippen molar-refractivity contribution < 1.29 is 23.2 Å². The summed E-state index contributed by atoms with van der Waals surface area (Å²) in [4.78, 5) is 41.9. The van der Waals surface area contributed by atoms with Crippen molar-refractivity contribution in [2.45, 2.75) is 57.2 Å². The number of halogens is 3. The minimum atomic E-state index is -0.766. The maximum atomic E-state index is 14.8. The second-order valence-electron chi connectivity index (χ2n) is 10.3. The first-order valence-corrected chi connectivity index (χ1v) is 13.6. The van der Waals surface area contributed by atoms with Gasteiger partial charge in [-0.1, -0.05) is 61.0 Å². The van der Waals surface area contributed by atoms with E-state index in [0.717, 1.165) is 25.0 Å². The molecule has 2 fully saturated rings. The van der Waals surface area contributed by atoms with E-state index in [4.69, 9.17) is 11.6 Å². The predicted octanol–water partition coefficient (Wildman–Crippen LogP) is 6.50. The standard InChI is InChI=1S/C31H29ClF2N2O3/c1-2-22-13-14-27(30(38)35-28(18-11-12-18)23-16-26(34)24(32)17-25(23)33)36(22)31(39)21-10-6-9-20(15-21)29(37)19-7-4-3-5-8-19/h3-10,15-18,22,27-28H,2,11-14H2,1H3,(H,35,38)/t22-,27-,28?/m1/s1. The number of benzene rings is 3. The Bertz CT molecular complexity index is 1410. The first-order chi connectivity index (χ1) is 18.8. The quantitative estimate of drug-likeness (QED) is 0.257. The van der Waals surface area contributed by atoms with E-state index in [0.29, 0.717) is 36.0 Å². The summed E-state index contributed by atoms with van der Waals surface area (Å²) >= 11 is 5.74. The molecule has 1 aliphatic carbocycles. The smallest absolute Gasteiger partial charge is 0.254 e. The van der Waals surface area contributed by atoms with Crippen molar-refractivity contribution in [2.24, 2.45) is 5.92 Å². The van der Waals surface area contributed by atoms with Gasteiger partial charge in [0.1, 0.15) is 17.7 Å². The SMILES string of the molecule is CC[C@@H]1CC[C@H](C(=O)NC(c2cc(F)c(Cl)cc2F)C2CC2)N1C(=O)c1cccc(C(=O)c2ccccc2)c1. The summed E-state index contributed by atoms with van der Waals surface area (Å²) < 4.78 is 29.0. The lowest BCUT2D eigenvalue weighted by Gasteiger charge is -2.31. The zero-order chi connectivity index (χ0) is 27.7. The lowest BCUT2D eigenvalue weighted by Crippen LogP contribution is -2.49. The number of nitrogens with zero attached hydrogens (tertiary/aromatic N) is 1. The van der Waals surface area contributed by atoms with E-state index in [1.54, 1.807) is 53.4 Å². The normalized spacial score (nSPS) is 19.5. The molecule has 1 saturated carbocycles. The van der Waals surface area contributed by atoms with E-state index in [-0.39, 0.29) is 34.2 Å². The molecular formula is C31H29ClF2N2O3. The van der Waals surface area contributed by atoms with Gasteiger partial charge >= 0.3 is 0 Å². The Labute approximate surface area is 231 Å². The maximum absolute atomic E-state index is 14.8. The van der Waals surface area contributed by atoms with Crippen LogP contribution in [0.15, 0.2) is 66.7 Å². The first kappa shape index (κ1) is 27.0. The molecule has 0 aromatic heterocycles. The van der Waals surface area contributed by atoms with Crippen LogP contribution in [0.1, 0.15) is 76.9 Å². The van der Waals surface area contributed by atoms with Crippen molar-refractivity contribution >= 4 is 29.2 Å². The molecule has 3 aromatic rings. The third kappa shape index (κ3) is 5.59. The van der Waals surface area contributed by atoms with Gasteiger partial charge in [0.15, 0.2) is 5.78 Å². The number of hydrogen-bond acceptors (Lipinski definition) is 3. The number of nitrogens with one attached hydrogen (secondary N) is 1. The summed E-state index contributed by atoms with van der Waals surface area (Å²) in [5, 5.41) is 2.60. The summed E-state index contributed by atoms with van der Waals surface area (Å²) in [6.45, 7) is 1.96. The van der Waals surface area contributed by atoms with Gasteiger partial charge in [0, 0.05) is 28.3 Å². The average molecular weight is 551 g/mol. The number of amides is 2. The van der Waals surface area contributed by atoms with Crippen LogP contribution < -0.4 is 5.32 Å². The number of carbonyl (C=O) groups excluding carboxylic acids is 3. The molecule has 3 aromatic carbocycles. The maximum Gasteiger partial charge on any atom is 0.254 e. The second kappa shape index (κ2) is 11.3. The Hall–Kier alpha value is -3.58. The Morgan fingerprint density at radius 3 is 2.28 bits per heavy atom. The Balaban J connectivity index is 1.39. The van der Waals surface area contributed by atoms with E-state index < -0.39 is 29.6 Å². The molecule has 1 unspecified atom stereocenters. The highest BCUT2D eigenvalue weighted by Gasteiger charge is 2.43. The van der Waals surface area contributed by atoms with Gasteiger partial charge in [0.2, 0.25) is 5.91 Å². The summed E-state index contributed by atoms with van der Waals surface area (Å²) in [6.07, 6.45) is 3.30. The van der Waals surface area contributed by atoms with Crippen LogP contribution in [0.25, 0.3) is 0 Å². The van der Waals surface area contributed by atoms with Gasteiger partial charge in [-0.05, 0) is 62.3 Å². The van der Waals surface area contributed by atoms with Crippen LogP contribution in [0.2, 0.25) is 5.02 Å². The monoisotopic (exact) mass is 550 g/mol. The molecule has 5 rings (SSSR count). The molecule has 3 atom stereocenters. The van der Waals surface area contributed by atoms with Crippen LogP contribution in [0.3, 0.4) is 0 Å². The minimum absolute atomic E-state index is 0.0165. The van der Waals surface area contributed by atoms with Crippen molar-refractivity contribution in [3.63, 3.8) is 0 Å². The van der Waals surface area contributed by atoms with Gasteiger partial charge in [-0.2, -0.15) is 0 Å². The number of hydrogen-bond donors (Lipinski definition) is 1. The average Bonchev–Trinajstić information content (AvgIpc) is 3.71. The molecule has 202 valence electrons. The van der Waals surface area contributed by atoms with Gasteiger partial charge in [-0.15, -0.1) is 0 Å². The van der Waals surface area contributed by atoms with Crippen LogP contribution in [0, 0.1) is 17.6 Å². The van der Waals surface area contributed by atoms with Crippen molar-refractivity contribution in [1.82, 2.24) is 10.2 Å². The van der Waals surface area contributed by atoms with Crippen LogP contribution in [-0.4, -0.2) is 34.6 Å². The molecular weight excluding hydrogens is 522 g/mol. The topological polar surface area (TPSA) is 66.5 Å². The fourth-order valence-electron chi connectivity index (χ4n) is 5.45. The van der Waals surface area contributed by atoms with E-state index in [9.17, 15) is 23.2 Å². The highest BCUT2D eigenvalue weighted by Crippen LogP contribution is 2.43. The Morgan fingerprint density at radius 1 is 0.897 bits per heavy atom. The molecule has 1 heterocycles. The molecule has 5 nitrogen and oxygen atoms in total. The van der Waals surface area contributed by atoms with Gasteiger partial charge in [-0.3, -0.25) is 14.4 Å². The number of rotatable bonds is 8. The number of carbonyl (C=O) groups is 3. The van der Waals surface area contributed by atoms with E-state index in [1.165, 1.54) is 0 Å². The second-order valence-corrected chi connectivity index (χ2v) is 10.7. The molecule has 8 heteroatoms. The molecule has 1 aliphatic heterocycles. The third-order valence-corrected chi connectivity index (χ3v) is 7.97. The van der Waals surface area contributed by atoms with Gasteiger partial charge in [0.05, 0.1) is 11.1 Å². The van der Waals surface area contributed by atoms with Gasteiger partial charge in [0.25, 0.3) is 5.91 Å². The fourth-order valence-corrected chi connectivity index (χ4v) is 5.60. The number of likely N-dealkylation sites (tertiary alicyclic amines) is 1. The molecule has 2 amide bonds. The molecule has 0 radical (unpaired) electrons. The molecule has 0 spiro atoms. The van der Waals surface area contributed by atoms with E-state index >= 15 is 0 Å². The molecule has 2 aliphatic rings. The zero-order valence-electron chi connectivity index (χ0n) is 21.5. The minimum Gasteiger partial charge on any atom is -0.347 e. The highest BCUT2D eigenvalue weighted by atomic mass is 35.5. The largest absolute Gasteiger partial charge is 0.347 e. The Morgan fingerprint density at radius 2 is 1.59 bits per heavy atom. The van der Waals surface area contributed by atoms with Crippen molar-refractivity contribution in [3.8, 4) is 0 Å². The van der Waals surface area contributed by atoms with Gasteiger partial charge < -0.3 is 10.2 Å². The van der Waals surface area contributed by atoms with Crippen molar-refractivity contribution in [3.05, 3.63) is 106 Å². The summed E-state index contributed by atoms with van der Waals surface area (Å²) in [6, 6.07) is 15.7. The summed E-state index contributed by atoms with van der Waals surface area (Å²) in [7, 11) is 0. The van der Waals surface area contributed by atoms with Crippen LogP contribution in [0.5, 0.6) is 0 Å². The fraction of sp³-hybridized carbons (Fsp3) is 0.323. The van der Waals surface area contributed by atoms with Crippen LogP contribution in [0.4, 0.5) is 8.78 Å².